The summed E-state index contributed by atoms with van der Waals surface area (Å²) < 4.78 is 4.97. The van der Waals surface area contributed by atoms with Gasteiger partial charge < -0.3 is 9.64 Å². The van der Waals surface area contributed by atoms with E-state index in [1.165, 1.54) is 13.5 Å². The van der Waals surface area contributed by atoms with E-state index in [2.05, 4.69) is 17.1 Å². The van der Waals surface area contributed by atoms with E-state index in [1.54, 1.807) is 0 Å². The average molecular weight is 290 g/mol. The molecule has 0 spiro atoms. The zero-order valence-corrected chi connectivity index (χ0v) is 13.0. The molecule has 0 aliphatic carbocycles. The van der Waals surface area contributed by atoms with Gasteiger partial charge in [0.05, 0.1) is 7.11 Å². The molecule has 2 unspecified atom stereocenters. The summed E-state index contributed by atoms with van der Waals surface area (Å²) in [6, 6.07) is 9.83. The number of nitrogens with one attached hydrogen (secondary N) is 1. The third-order valence-corrected chi connectivity index (χ3v) is 4.24. The number of esters is 1. The molecule has 0 radical (unpaired) electrons. The summed E-state index contributed by atoms with van der Waals surface area (Å²) in [6.45, 7) is 5.56. The van der Waals surface area contributed by atoms with Gasteiger partial charge in [-0.1, -0.05) is 37.3 Å². The maximum atomic E-state index is 12.1. The summed E-state index contributed by atoms with van der Waals surface area (Å²) in [5.41, 5.74) is 0.973. The molecule has 1 heterocycles. The molecule has 4 heteroatoms. The van der Waals surface area contributed by atoms with Crippen molar-refractivity contribution >= 4 is 5.97 Å². The van der Waals surface area contributed by atoms with Crippen LogP contribution in [0.3, 0.4) is 0 Å². The van der Waals surface area contributed by atoms with Gasteiger partial charge in [0.25, 0.3) is 0 Å². The third kappa shape index (κ3) is 4.55. The first-order valence-electron chi connectivity index (χ1n) is 7.85. The monoisotopic (exact) mass is 290 g/mol. The minimum Gasteiger partial charge on any atom is -0.468 e. The quantitative estimate of drug-likeness (QED) is 0.845. The molecule has 1 aromatic carbocycles. The molecule has 0 saturated carbocycles. The van der Waals surface area contributed by atoms with Crippen LogP contribution in [0, 0.1) is 0 Å². The highest BCUT2D eigenvalue weighted by atomic mass is 16.5. The minimum absolute atomic E-state index is 0.210. The van der Waals surface area contributed by atoms with Crippen LogP contribution in [-0.2, 0) is 9.53 Å². The lowest BCUT2D eigenvalue weighted by atomic mass is 10.0. The number of ether oxygens (including phenoxy) is 1. The molecule has 0 amide bonds. The average Bonchev–Trinajstić information content (AvgIpc) is 2.77. The van der Waals surface area contributed by atoms with Gasteiger partial charge in [-0.2, -0.15) is 0 Å². The molecule has 1 fully saturated rings. The molecule has 2 rings (SSSR count). The van der Waals surface area contributed by atoms with Crippen molar-refractivity contribution in [2.45, 2.75) is 38.3 Å². The van der Waals surface area contributed by atoms with Crippen molar-refractivity contribution in [3.63, 3.8) is 0 Å². The molecular weight excluding hydrogens is 264 g/mol. The number of hydrogen-bond acceptors (Lipinski definition) is 4. The van der Waals surface area contributed by atoms with Crippen molar-refractivity contribution in [3.05, 3.63) is 35.9 Å². The molecule has 116 valence electrons. The van der Waals surface area contributed by atoms with E-state index >= 15 is 0 Å². The topological polar surface area (TPSA) is 41.6 Å². The number of rotatable bonds is 5. The Morgan fingerprint density at radius 3 is 2.76 bits per heavy atom. The van der Waals surface area contributed by atoms with Crippen molar-refractivity contribution in [2.24, 2.45) is 0 Å². The minimum atomic E-state index is -0.366. The standard InChI is InChI=1S/C17H26N2O2/c1-3-19-12-7-10-15(11-13-19)18-16(17(20)21-2)14-8-5-4-6-9-14/h4-6,8-9,15-16,18H,3,7,10-13H2,1-2H3. The zero-order valence-electron chi connectivity index (χ0n) is 13.0. The highest BCUT2D eigenvalue weighted by molar-refractivity contribution is 5.77. The smallest absolute Gasteiger partial charge is 0.327 e. The Morgan fingerprint density at radius 2 is 2.10 bits per heavy atom. The second kappa shape index (κ2) is 8.15. The van der Waals surface area contributed by atoms with Crippen LogP contribution >= 0.6 is 0 Å². The van der Waals surface area contributed by atoms with Gasteiger partial charge in [-0.15, -0.1) is 0 Å². The summed E-state index contributed by atoms with van der Waals surface area (Å²) in [4.78, 5) is 14.6. The fraction of sp³-hybridized carbons (Fsp3) is 0.588. The maximum absolute atomic E-state index is 12.1. The van der Waals surface area contributed by atoms with Crippen molar-refractivity contribution in [2.75, 3.05) is 26.7 Å². The molecule has 1 saturated heterocycles. The molecule has 21 heavy (non-hydrogen) atoms. The van der Waals surface area contributed by atoms with Crippen LogP contribution in [0.15, 0.2) is 30.3 Å². The van der Waals surface area contributed by atoms with Crippen molar-refractivity contribution in [1.82, 2.24) is 10.2 Å². The maximum Gasteiger partial charge on any atom is 0.327 e. The van der Waals surface area contributed by atoms with Crippen molar-refractivity contribution < 1.29 is 9.53 Å². The van der Waals surface area contributed by atoms with E-state index in [-0.39, 0.29) is 12.0 Å². The molecular formula is C17H26N2O2. The first-order chi connectivity index (χ1) is 10.2. The number of nitrogens with zero attached hydrogens (tertiary/aromatic N) is 1. The predicted octanol–water partition coefficient (Wildman–Crippen LogP) is 2.36. The van der Waals surface area contributed by atoms with Crippen molar-refractivity contribution in [3.8, 4) is 0 Å². The van der Waals surface area contributed by atoms with E-state index in [4.69, 9.17) is 4.74 Å². The van der Waals surface area contributed by atoms with Crippen LogP contribution in [-0.4, -0.2) is 43.7 Å². The highest BCUT2D eigenvalue weighted by Crippen LogP contribution is 2.19. The number of carbonyl (C=O) groups is 1. The summed E-state index contributed by atoms with van der Waals surface area (Å²) in [6.07, 6.45) is 3.36. The Hall–Kier alpha value is -1.39. The van der Waals surface area contributed by atoms with Gasteiger partial charge in [-0.3, -0.25) is 5.32 Å². The lowest BCUT2D eigenvalue weighted by Crippen LogP contribution is -2.38. The fourth-order valence-electron chi connectivity index (χ4n) is 2.94. The van der Waals surface area contributed by atoms with Crippen LogP contribution < -0.4 is 5.32 Å². The largest absolute Gasteiger partial charge is 0.468 e. The number of likely N-dealkylation sites (tertiary alicyclic amines) is 1. The lowest BCUT2D eigenvalue weighted by Gasteiger charge is -2.24. The SMILES string of the molecule is CCN1CCCC(NC(C(=O)OC)c2ccccc2)CC1. The molecule has 0 aromatic heterocycles. The zero-order chi connectivity index (χ0) is 15.1. The Bertz CT molecular complexity index is 436. The Labute approximate surface area is 127 Å². The van der Waals surface area contributed by atoms with E-state index in [0.29, 0.717) is 6.04 Å². The molecule has 1 aliphatic rings. The van der Waals surface area contributed by atoms with Crippen LogP contribution in [0.5, 0.6) is 0 Å². The third-order valence-electron chi connectivity index (χ3n) is 4.24. The predicted molar refractivity (Wildman–Crippen MR) is 84.1 cm³/mol. The second-order valence-corrected chi connectivity index (χ2v) is 5.60. The van der Waals surface area contributed by atoms with Gasteiger partial charge in [0.15, 0.2) is 0 Å². The van der Waals surface area contributed by atoms with E-state index < -0.39 is 0 Å². The summed E-state index contributed by atoms with van der Waals surface area (Å²) in [5.74, 6) is -0.210. The molecule has 1 aromatic rings. The van der Waals surface area contributed by atoms with Crippen LogP contribution in [0.4, 0.5) is 0 Å². The van der Waals surface area contributed by atoms with Gasteiger partial charge in [0, 0.05) is 6.04 Å². The van der Waals surface area contributed by atoms with Crippen LogP contribution in [0.2, 0.25) is 0 Å². The lowest BCUT2D eigenvalue weighted by molar-refractivity contribution is -0.143. The van der Waals surface area contributed by atoms with E-state index in [9.17, 15) is 4.79 Å². The van der Waals surface area contributed by atoms with Gasteiger partial charge in [-0.25, -0.2) is 4.79 Å². The van der Waals surface area contributed by atoms with Crippen LogP contribution in [0.1, 0.15) is 37.8 Å². The molecule has 1 aliphatic heterocycles. The Balaban J connectivity index is 2.03. The Morgan fingerprint density at radius 1 is 1.33 bits per heavy atom. The highest BCUT2D eigenvalue weighted by Gasteiger charge is 2.25. The summed E-state index contributed by atoms with van der Waals surface area (Å²) in [7, 11) is 1.45. The van der Waals surface area contributed by atoms with Gasteiger partial charge in [0.1, 0.15) is 6.04 Å². The van der Waals surface area contributed by atoms with Gasteiger partial charge in [-0.05, 0) is 44.5 Å². The second-order valence-electron chi connectivity index (χ2n) is 5.60. The molecule has 1 N–H and O–H groups in total. The Kier molecular flexibility index (Phi) is 6.21. The first-order valence-corrected chi connectivity index (χ1v) is 7.85. The van der Waals surface area contributed by atoms with E-state index in [1.807, 2.05) is 30.3 Å². The summed E-state index contributed by atoms with van der Waals surface area (Å²) in [5, 5.41) is 3.51. The number of hydrogen-bond donors (Lipinski definition) is 1. The number of carbonyl (C=O) groups excluding carboxylic acids is 1. The first kappa shape index (κ1) is 16.0. The molecule has 2 atom stereocenters. The van der Waals surface area contributed by atoms with E-state index in [0.717, 1.165) is 38.0 Å². The van der Waals surface area contributed by atoms with Crippen molar-refractivity contribution in [1.29, 1.82) is 0 Å². The summed E-state index contributed by atoms with van der Waals surface area (Å²) >= 11 is 0. The number of methoxy groups -OCH3 is 1. The number of benzene rings is 1. The normalized spacial score (nSPS) is 21.5. The molecule has 4 nitrogen and oxygen atoms in total. The fourth-order valence-corrected chi connectivity index (χ4v) is 2.94. The van der Waals surface area contributed by atoms with Crippen LogP contribution in [0.25, 0.3) is 0 Å². The molecule has 0 bridgehead atoms. The van der Waals surface area contributed by atoms with Gasteiger partial charge >= 0.3 is 5.97 Å². The van der Waals surface area contributed by atoms with Gasteiger partial charge in [0.2, 0.25) is 0 Å².